The Morgan fingerprint density at radius 2 is 2.17 bits per heavy atom. The van der Waals surface area contributed by atoms with Crippen LogP contribution in [-0.2, 0) is 7.05 Å². The number of aromatic nitrogens is 1. The number of nitrogens with zero attached hydrogens (tertiary/aromatic N) is 1. The summed E-state index contributed by atoms with van der Waals surface area (Å²) in [6, 6.07) is 2.51. The van der Waals surface area contributed by atoms with Crippen molar-refractivity contribution >= 4 is 11.7 Å². The number of anilines is 1. The minimum atomic E-state index is -1.20. The molecular formula is C7H8N2O3. The highest BCUT2D eigenvalue weighted by atomic mass is 16.4. The van der Waals surface area contributed by atoms with Gasteiger partial charge in [-0.2, -0.15) is 0 Å². The van der Waals surface area contributed by atoms with Gasteiger partial charge in [0.05, 0.1) is 5.69 Å². The Hall–Kier alpha value is -1.78. The molecular weight excluding hydrogens is 160 g/mol. The zero-order chi connectivity index (χ0) is 9.30. The lowest BCUT2D eigenvalue weighted by atomic mass is 10.3. The Morgan fingerprint density at radius 3 is 2.58 bits per heavy atom. The van der Waals surface area contributed by atoms with Crippen molar-refractivity contribution in [3.05, 3.63) is 28.2 Å². The molecule has 3 N–H and O–H groups in total. The zero-order valence-electron chi connectivity index (χ0n) is 6.44. The van der Waals surface area contributed by atoms with Crippen LogP contribution in [0.4, 0.5) is 5.69 Å². The number of aromatic carboxylic acids is 1. The van der Waals surface area contributed by atoms with Crippen molar-refractivity contribution in [2.45, 2.75) is 0 Å². The smallest absolute Gasteiger partial charge is 0.354 e. The number of nitrogen functional groups attached to an aromatic ring is 1. The van der Waals surface area contributed by atoms with E-state index in [1.165, 1.54) is 19.2 Å². The molecule has 5 nitrogen and oxygen atoms in total. The molecule has 0 bridgehead atoms. The third kappa shape index (κ3) is 1.16. The van der Waals surface area contributed by atoms with Gasteiger partial charge in [-0.3, -0.25) is 4.79 Å². The number of pyridine rings is 1. The van der Waals surface area contributed by atoms with Gasteiger partial charge in [0.2, 0.25) is 0 Å². The third-order valence-corrected chi connectivity index (χ3v) is 1.55. The van der Waals surface area contributed by atoms with Gasteiger partial charge in [-0.05, 0) is 6.07 Å². The lowest BCUT2D eigenvalue weighted by Gasteiger charge is -2.04. The van der Waals surface area contributed by atoms with E-state index >= 15 is 0 Å². The summed E-state index contributed by atoms with van der Waals surface area (Å²) in [6.45, 7) is 0. The lowest BCUT2D eigenvalue weighted by molar-refractivity contribution is 0.0686. The van der Waals surface area contributed by atoms with Crippen LogP contribution in [0.5, 0.6) is 0 Å². The van der Waals surface area contributed by atoms with E-state index in [9.17, 15) is 9.59 Å². The summed E-state index contributed by atoms with van der Waals surface area (Å²) in [7, 11) is 1.36. The maximum atomic E-state index is 10.9. The molecule has 0 aliphatic heterocycles. The molecule has 0 unspecified atom stereocenters. The summed E-state index contributed by atoms with van der Waals surface area (Å²) in [5, 5.41) is 8.63. The highest BCUT2D eigenvalue weighted by molar-refractivity contribution is 5.91. The van der Waals surface area contributed by atoms with E-state index in [2.05, 4.69) is 0 Å². The molecule has 12 heavy (non-hydrogen) atoms. The normalized spacial score (nSPS) is 9.75. The average Bonchev–Trinajstić information content (AvgIpc) is 1.97. The van der Waals surface area contributed by atoms with Crippen LogP contribution in [-0.4, -0.2) is 15.6 Å². The number of carboxylic acid groups (broad SMARTS) is 1. The molecule has 0 radical (unpaired) electrons. The van der Waals surface area contributed by atoms with Crippen LogP contribution >= 0.6 is 0 Å². The minimum Gasteiger partial charge on any atom is -0.477 e. The van der Waals surface area contributed by atoms with Crippen molar-refractivity contribution in [2.24, 2.45) is 7.05 Å². The maximum absolute atomic E-state index is 10.9. The molecule has 5 heteroatoms. The minimum absolute atomic E-state index is 0.0876. The summed E-state index contributed by atoms with van der Waals surface area (Å²) in [6.07, 6.45) is 0. The first-order chi connectivity index (χ1) is 5.54. The monoisotopic (exact) mass is 168 g/mol. The molecule has 0 aromatic carbocycles. The van der Waals surface area contributed by atoms with Gasteiger partial charge in [0.1, 0.15) is 0 Å². The quantitative estimate of drug-likeness (QED) is 0.601. The second-order valence-corrected chi connectivity index (χ2v) is 2.34. The van der Waals surface area contributed by atoms with E-state index in [0.29, 0.717) is 0 Å². The van der Waals surface area contributed by atoms with Crippen molar-refractivity contribution in [3.63, 3.8) is 0 Å². The van der Waals surface area contributed by atoms with Crippen molar-refractivity contribution in [2.75, 3.05) is 5.73 Å². The summed E-state index contributed by atoms with van der Waals surface area (Å²) in [5.74, 6) is -1.20. The molecule has 0 saturated heterocycles. The molecule has 1 heterocycles. The molecule has 1 aromatic rings. The maximum Gasteiger partial charge on any atom is 0.354 e. The van der Waals surface area contributed by atoms with Crippen molar-refractivity contribution in [1.82, 2.24) is 4.57 Å². The Labute approximate surface area is 68.0 Å². The van der Waals surface area contributed by atoms with Gasteiger partial charge >= 0.3 is 5.97 Å². The summed E-state index contributed by atoms with van der Waals surface area (Å²) in [5.41, 5.74) is 4.87. The second-order valence-electron chi connectivity index (χ2n) is 2.34. The molecule has 1 aromatic heterocycles. The predicted octanol–water partition coefficient (Wildman–Crippen LogP) is -0.334. The van der Waals surface area contributed by atoms with Gasteiger partial charge in [-0.25, -0.2) is 4.79 Å². The summed E-state index contributed by atoms with van der Waals surface area (Å²) >= 11 is 0. The Bertz CT molecular complexity index is 381. The largest absolute Gasteiger partial charge is 0.477 e. The van der Waals surface area contributed by atoms with Crippen LogP contribution in [0, 0.1) is 0 Å². The van der Waals surface area contributed by atoms with E-state index in [1.54, 1.807) is 0 Å². The van der Waals surface area contributed by atoms with Crippen LogP contribution in [0.2, 0.25) is 0 Å². The molecule has 1 rings (SSSR count). The molecule has 64 valence electrons. The van der Waals surface area contributed by atoms with Gasteiger partial charge in [-0.15, -0.1) is 0 Å². The zero-order valence-corrected chi connectivity index (χ0v) is 6.44. The van der Waals surface area contributed by atoms with Crippen LogP contribution in [0.25, 0.3) is 0 Å². The van der Waals surface area contributed by atoms with Crippen molar-refractivity contribution in [1.29, 1.82) is 0 Å². The fourth-order valence-corrected chi connectivity index (χ4v) is 0.923. The molecule has 0 aliphatic carbocycles. The third-order valence-electron chi connectivity index (χ3n) is 1.55. The highest BCUT2D eigenvalue weighted by Crippen LogP contribution is 2.06. The topological polar surface area (TPSA) is 85.3 Å². The summed E-state index contributed by atoms with van der Waals surface area (Å²) < 4.78 is 0.998. The van der Waals surface area contributed by atoms with Gasteiger partial charge < -0.3 is 15.4 Å². The SMILES string of the molecule is Cn1c(C(=O)O)c(N)ccc1=O. The van der Waals surface area contributed by atoms with Crippen LogP contribution in [0.3, 0.4) is 0 Å². The van der Waals surface area contributed by atoms with E-state index in [0.717, 1.165) is 4.57 Å². The van der Waals surface area contributed by atoms with Crippen LogP contribution in [0.15, 0.2) is 16.9 Å². The van der Waals surface area contributed by atoms with Gasteiger partial charge in [-0.1, -0.05) is 0 Å². The van der Waals surface area contributed by atoms with Gasteiger partial charge in [0.25, 0.3) is 5.56 Å². The predicted molar refractivity (Wildman–Crippen MR) is 43.1 cm³/mol. The number of nitrogens with two attached hydrogens (primary N) is 1. The molecule has 0 saturated carbocycles. The Morgan fingerprint density at radius 1 is 1.58 bits per heavy atom. The first-order valence-electron chi connectivity index (χ1n) is 3.23. The number of hydrogen-bond donors (Lipinski definition) is 2. The number of hydrogen-bond acceptors (Lipinski definition) is 3. The molecule has 0 amide bonds. The van der Waals surface area contributed by atoms with Gasteiger partial charge in [0, 0.05) is 13.1 Å². The van der Waals surface area contributed by atoms with Crippen LogP contribution in [0.1, 0.15) is 10.5 Å². The second kappa shape index (κ2) is 2.69. The fourth-order valence-electron chi connectivity index (χ4n) is 0.923. The van der Waals surface area contributed by atoms with Gasteiger partial charge in [0.15, 0.2) is 5.69 Å². The highest BCUT2D eigenvalue weighted by Gasteiger charge is 2.11. The molecule has 0 aliphatic rings. The molecule has 0 atom stereocenters. The van der Waals surface area contributed by atoms with E-state index in [4.69, 9.17) is 10.8 Å². The lowest BCUT2D eigenvalue weighted by Crippen LogP contribution is -2.23. The summed E-state index contributed by atoms with van der Waals surface area (Å²) in [4.78, 5) is 21.5. The van der Waals surface area contributed by atoms with Crippen LogP contribution < -0.4 is 11.3 Å². The van der Waals surface area contributed by atoms with E-state index in [1.807, 2.05) is 0 Å². The van der Waals surface area contributed by atoms with Crippen molar-refractivity contribution < 1.29 is 9.90 Å². The van der Waals surface area contributed by atoms with E-state index < -0.39 is 5.97 Å². The van der Waals surface area contributed by atoms with Crippen molar-refractivity contribution in [3.8, 4) is 0 Å². The fraction of sp³-hybridized carbons (Fsp3) is 0.143. The molecule has 0 spiro atoms. The Kier molecular flexibility index (Phi) is 1.86. The first kappa shape index (κ1) is 8.32. The molecule has 0 fully saturated rings. The number of rotatable bonds is 1. The number of carbonyl (C=O) groups is 1. The number of carboxylic acids is 1. The Balaban J connectivity index is 3.54. The average molecular weight is 168 g/mol. The first-order valence-corrected chi connectivity index (χ1v) is 3.23. The van der Waals surface area contributed by atoms with E-state index in [-0.39, 0.29) is 16.9 Å². The standard InChI is InChI=1S/C7H8N2O3/c1-9-5(10)3-2-4(8)6(9)7(11)12/h2-3H,8H2,1H3,(H,11,12).